The standard InChI is InChI=1S/C15H23N5S/c1-4-20(5-2)8-6-7-11(3)19-15-12(9-16)14(18)13(10-17)21-15/h11,19H,4-8,18H2,1-3H3. The average molecular weight is 305 g/mol. The van der Waals surface area contributed by atoms with Crippen LogP contribution in [-0.4, -0.2) is 30.6 Å². The Balaban J connectivity index is 2.58. The van der Waals surface area contributed by atoms with Crippen LogP contribution in [-0.2, 0) is 0 Å². The highest BCUT2D eigenvalue weighted by Crippen LogP contribution is 2.35. The molecule has 0 amide bonds. The van der Waals surface area contributed by atoms with Crippen LogP contribution in [0.2, 0.25) is 0 Å². The minimum absolute atomic E-state index is 0.247. The Bertz CT molecular complexity index is 533. The van der Waals surface area contributed by atoms with Gasteiger partial charge in [0.25, 0.3) is 0 Å². The molecular weight excluding hydrogens is 282 g/mol. The number of nitrogens with two attached hydrogens (primary N) is 1. The summed E-state index contributed by atoms with van der Waals surface area (Å²) in [6, 6.07) is 4.36. The van der Waals surface area contributed by atoms with Gasteiger partial charge in [0, 0.05) is 6.04 Å². The van der Waals surface area contributed by atoms with Crippen molar-refractivity contribution in [3.05, 3.63) is 10.4 Å². The largest absolute Gasteiger partial charge is 0.396 e. The number of nitrogens with one attached hydrogen (secondary N) is 1. The molecule has 1 aromatic rings. The predicted molar refractivity (Wildman–Crippen MR) is 88.3 cm³/mol. The van der Waals surface area contributed by atoms with Crippen LogP contribution < -0.4 is 11.1 Å². The third-order valence-electron chi connectivity index (χ3n) is 3.54. The van der Waals surface area contributed by atoms with Gasteiger partial charge in [-0.25, -0.2) is 0 Å². The van der Waals surface area contributed by atoms with Crippen LogP contribution in [0.25, 0.3) is 0 Å². The lowest BCUT2D eigenvalue weighted by Crippen LogP contribution is -2.25. The summed E-state index contributed by atoms with van der Waals surface area (Å²) >= 11 is 1.26. The summed E-state index contributed by atoms with van der Waals surface area (Å²) in [5.74, 6) is 0. The fraction of sp³-hybridized carbons (Fsp3) is 0.600. The molecule has 1 unspecified atom stereocenters. The van der Waals surface area contributed by atoms with Crippen LogP contribution >= 0.6 is 11.3 Å². The fourth-order valence-corrected chi connectivity index (χ4v) is 3.18. The first-order valence-electron chi connectivity index (χ1n) is 7.28. The topological polar surface area (TPSA) is 88.9 Å². The second-order valence-corrected chi connectivity index (χ2v) is 6.01. The normalized spacial score (nSPS) is 11.9. The maximum atomic E-state index is 9.15. The van der Waals surface area contributed by atoms with Gasteiger partial charge in [-0.1, -0.05) is 13.8 Å². The van der Waals surface area contributed by atoms with E-state index in [4.69, 9.17) is 16.3 Å². The number of nitrogens with zero attached hydrogens (tertiary/aromatic N) is 3. The van der Waals surface area contributed by atoms with Crippen LogP contribution in [0.1, 0.15) is 44.1 Å². The Kier molecular flexibility index (Phi) is 7.01. The van der Waals surface area contributed by atoms with Crippen molar-refractivity contribution in [1.82, 2.24) is 4.90 Å². The van der Waals surface area contributed by atoms with Crippen molar-refractivity contribution in [3.8, 4) is 12.1 Å². The Morgan fingerprint density at radius 1 is 1.29 bits per heavy atom. The number of hydrogen-bond donors (Lipinski definition) is 2. The zero-order chi connectivity index (χ0) is 15.8. The van der Waals surface area contributed by atoms with Gasteiger partial charge in [0.15, 0.2) is 0 Å². The molecule has 0 aliphatic heterocycles. The Labute approximate surface area is 131 Å². The molecule has 1 aromatic heterocycles. The summed E-state index contributed by atoms with van der Waals surface area (Å²) < 4.78 is 0. The molecule has 0 bridgehead atoms. The lowest BCUT2D eigenvalue weighted by atomic mass is 10.1. The molecule has 0 fully saturated rings. The summed E-state index contributed by atoms with van der Waals surface area (Å²) in [5, 5.41) is 22.2. The van der Waals surface area contributed by atoms with Gasteiger partial charge in [0.2, 0.25) is 0 Å². The molecule has 1 heterocycles. The van der Waals surface area contributed by atoms with E-state index in [9.17, 15) is 0 Å². The van der Waals surface area contributed by atoms with E-state index in [1.807, 2.05) is 6.07 Å². The SMILES string of the molecule is CCN(CC)CCCC(C)Nc1sc(C#N)c(N)c1C#N. The van der Waals surface area contributed by atoms with E-state index in [0.29, 0.717) is 21.1 Å². The smallest absolute Gasteiger partial charge is 0.131 e. The number of anilines is 2. The maximum Gasteiger partial charge on any atom is 0.131 e. The quantitative estimate of drug-likeness (QED) is 0.770. The molecule has 21 heavy (non-hydrogen) atoms. The molecule has 0 aromatic carbocycles. The first-order valence-corrected chi connectivity index (χ1v) is 8.10. The van der Waals surface area contributed by atoms with Crippen molar-refractivity contribution in [2.24, 2.45) is 0 Å². The van der Waals surface area contributed by atoms with E-state index in [0.717, 1.165) is 32.5 Å². The van der Waals surface area contributed by atoms with Crippen LogP contribution in [0, 0.1) is 22.7 Å². The summed E-state index contributed by atoms with van der Waals surface area (Å²) in [4.78, 5) is 2.80. The van der Waals surface area contributed by atoms with Gasteiger partial charge in [-0.05, 0) is 39.4 Å². The first-order chi connectivity index (χ1) is 10.1. The average Bonchev–Trinajstić information content (AvgIpc) is 2.78. The van der Waals surface area contributed by atoms with E-state index in [1.165, 1.54) is 11.3 Å². The lowest BCUT2D eigenvalue weighted by Gasteiger charge is -2.20. The van der Waals surface area contributed by atoms with Crippen molar-refractivity contribution in [2.45, 2.75) is 39.7 Å². The van der Waals surface area contributed by atoms with Crippen LogP contribution in [0.5, 0.6) is 0 Å². The van der Waals surface area contributed by atoms with E-state index < -0.39 is 0 Å². The predicted octanol–water partition coefficient (Wildman–Crippen LogP) is 3.00. The number of nitriles is 2. The molecule has 1 atom stereocenters. The molecule has 5 nitrogen and oxygen atoms in total. The zero-order valence-electron chi connectivity index (χ0n) is 12.9. The molecule has 0 saturated heterocycles. The van der Waals surface area contributed by atoms with Crippen molar-refractivity contribution < 1.29 is 0 Å². The molecule has 3 N–H and O–H groups in total. The Hall–Kier alpha value is -1.76. The minimum Gasteiger partial charge on any atom is -0.396 e. The van der Waals surface area contributed by atoms with Gasteiger partial charge < -0.3 is 16.0 Å². The lowest BCUT2D eigenvalue weighted by molar-refractivity contribution is 0.295. The number of rotatable bonds is 8. The van der Waals surface area contributed by atoms with Crippen LogP contribution in [0.3, 0.4) is 0 Å². The molecule has 0 aliphatic rings. The number of nitrogen functional groups attached to an aromatic ring is 1. The van der Waals surface area contributed by atoms with E-state index in [2.05, 4.69) is 37.1 Å². The third kappa shape index (κ3) is 4.63. The highest BCUT2D eigenvalue weighted by molar-refractivity contribution is 7.17. The van der Waals surface area contributed by atoms with E-state index in [-0.39, 0.29) is 6.04 Å². The minimum atomic E-state index is 0.247. The number of thiophene rings is 1. The van der Waals surface area contributed by atoms with Crippen LogP contribution in [0.15, 0.2) is 0 Å². The van der Waals surface area contributed by atoms with Crippen molar-refractivity contribution >= 4 is 22.0 Å². The molecule has 0 radical (unpaired) electrons. The monoisotopic (exact) mass is 305 g/mol. The molecule has 6 heteroatoms. The fourth-order valence-electron chi connectivity index (χ4n) is 2.20. The summed E-state index contributed by atoms with van der Waals surface area (Å²) in [6.07, 6.45) is 2.12. The molecular formula is C15H23N5S. The summed E-state index contributed by atoms with van der Waals surface area (Å²) in [7, 11) is 0. The van der Waals surface area contributed by atoms with Gasteiger partial charge in [-0.2, -0.15) is 10.5 Å². The third-order valence-corrected chi connectivity index (χ3v) is 4.58. The highest BCUT2D eigenvalue weighted by atomic mass is 32.1. The molecule has 0 aliphatic carbocycles. The Morgan fingerprint density at radius 3 is 2.48 bits per heavy atom. The first kappa shape index (κ1) is 17.3. The van der Waals surface area contributed by atoms with E-state index in [1.54, 1.807) is 0 Å². The van der Waals surface area contributed by atoms with Gasteiger partial charge in [-0.15, -0.1) is 11.3 Å². The second kappa shape index (κ2) is 8.51. The van der Waals surface area contributed by atoms with Crippen molar-refractivity contribution in [1.29, 1.82) is 10.5 Å². The molecule has 0 saturated carbocycles. The van der Waals surface area contributed by atoms with Crippen LogP contribution in [0.4, 0.5) is 10.7 Å². The van der Waals surface area contributed by atoms with Gasteiger partial charge in [0.1, 0.15) is 27.6 Å². The second-order valence-electron chi connectivity index (χ2n) is 4.99. The molecule has 114 valence electrons. The molecule has 0 spiro atoms. The highest BCUT2D eigenvalue weighted by Gasteiger charge is 2.17. The van der Waals surface area contributed by atoms with Crippen molar-refractivity contribution in [2.75, 3.05) is 30.7 Å². The van der Waals surface area contributed by atoms with Gasteiger partial charge >= 0.3 is 0 Å². The summed E-state index contributed by atoms with van der Waals surface area (Å²) in [5.41, 5.74) is 6.49. The summed E-state index contributed by atoms with van der Waals surface area (Å²) in [6.45, 7) is 9.66. The number of hydrogen-bond acceptors (Lipinski definition) is 6. The van der Waals surface area contributed by atoms with Crippen molar-refractivity contribution in [3.63, 3.8) is 0 Å². The maximum absolute atomic E-state index is 9.15. The van der Waals surface area contributed by atoms with E-state index >= 15 is 0 Å². The zero-order valence-corrected chi connectivity index (χ0v) is 13.8. The van der Waals surface area contributed by atoms with Gasteiger partial charge in [0.05, 0.1) is 5.69 Å². The molecule has 1 rings (SSSR count). The Morgan fingerprint density at radius 2 is 1.95 bits per heavy atom. The van der Waals surface area contributed by atoms with Gasteiger partial charge in [-0.3, -0.25) is 0 Å².